The van der Waals surface area contributed by atoms with Crippen LogP contribution in [0.25, 0.3) is 0 Å². The molecular formula is C19H34IN3O4. The van der Waals surface area contributed by atoms with Gasteiger partial charge in [0.25, 0.3) is 0 Å². The van der Waals surface area contributed by atoms with Gasteiger partial charge in [-0.1, -0.05) is 0 Å². The maximum atomic E-state index is 10.5. The lowest BCUT2D eigenvalue weighted by Gasteiger charge is -2.16. The molecule has 0 fully saturated rings. The number of rotatable bonds is 12. The van der Waals surface area contributed by atoms with E-state index in [1.807, 2.05) is 13.8 Å². The van der Waals surface area contributed by atoms with Crippen molar-refractivity contribution >= 4 is 29.9 Å². The van der Waals surface area contributed by atoms with E-state index in [2.05, 4.69) is 15.6 Å². The minimum Gasteiger partial charge on any atom is -0.497 e. The Morgan fingerprint density at radius 3 is 2.56 bits per heavy atom. The Morgan fingerprint density at radius 2 is 1.93 bits per heavy atom. The van der Waals surface area contributed by atoms with Crippen LogP contribution in [0, 0.1) is 0 Å². The summed E-state index contributed by atoms with van der Waals surface area (Å²) in [4.78, 5) is 4.47. The van der Waals surface area contributed by atoms with Gasteiger partial charge in [0, 0.05) is 31.9 Å². The molecule has 1 rings (SSSR count). The Labute approximate surface area is 179 Å². The van der Waals surface area contributed by atoms with Gasteiger partial charge in [0.15, 0.2) is 5.96 Å². The van der Waals surface area contributed by atoms with Crippen LogP contribution in [0.1, 0.15) is 38.4 Å². The average Bonchev–Trinajstić information content (AvgIpc) is 2.67. The Balaban J connectivity index is 0.00000676. The van der Waals surface area contributed by atoms with Crippen molar-refractivity contribution in [3.8, 4) is 11.5 Å². The lowest BCUT2D eigenvalue weighted by atomic mass is 10.1. The zero-order valence-electron chi connectivity index (χ0n) is 16.8. The highest BCUT2D eigenvalue weighted by molar-refractivity contribution is 14.0. The molecule has 0 amide bonds. The van der Waals surface area contributed by atoms with E-state index in [-0.39, 0.29) is 30.5 Å². The van der Waals surface area contributed by atoms with Crippen LogP contribution in [0.2, 0.25) is 0 Å². The molecule has 1 aromatic carbocycles. The quantitative estimate of drug-likeness (QED) is 0.179. The third-order valence-electron chi connectivity index (χ3n) is 3.77. The molecule has 1 aromatic rings. The van der Waals surface area contributed by atoms with Crippen LogP contribution in [0.15, 0.2) is 23.2 Å². The second kappa shape index (κ2) is 15.8. The van der Waals surface area contributed by atoms with Crippen molar-refractivity contribution in [3.05, 3.63) is 23.8 Å². The number of guanidine groups is 1. The molecular weight excluding hydrogens is 461 g/mol. The highest BCUT2D eigenvalue weighted by Crippen LogP contribution is 2.29. The first-order valence-corrected chi connectivity index (χ1v) is 9.16. The maximum Gasteiger partial charge on any atom is 0.191 e. The van der Waals surface area contributed by atoms with Crippen molar-refractivity contribution in [2.45, 2.75) is 32.8 Å². The number of ether oxygens (including phenoxy) is 3. The van der Waals surface area contributed by atoms with Gasteiger partial charge < -0.3 is 30.0 Å². The van der Waals surface area contributed by atoms with E-state index in [0.29, 0.717) is 23.0 Å². The fraction of sp³-hybridized carbons (Fsp3) is 0.632. The summed E-state index contributed by atoms with van der Waals surface area (Å²) in [6.45, 7) is 7.31. The van der Waals surface area contributed by atoms with Crippen molar-refractivity contribution in [1.82, 2.24) is 10.6 Å². The lowest BCUT2D eigenvalue weighted by Crippen LogP contribution is -2.38. The monoisotopic (exact) mass is 495 g/mol. The number of nitrogens with one attached hydrogen (secondary N) is 2. The molecule has 0 aliphatic rings. The predicted molar refractivity (Wildman–Crippen MR) is 120 cm³/mol. The maximum absolute atomic E-state index is 10.5. The first-order chi connectivity index (χ1) is 12.7. The summed E-state index contributed by atoms with van der Waals surface area (Å²) in [5.74, 6) is 1.97. The summed E-state index contributed by atoms with van der Waals surface area (Å²) in [7, 11) is 3.17. The number of hydrogen-bond donors (Lipinski definition) is 3. The molecule has 0 saturated heterocycles. The van der Waals surface area contributed by atoms with Gasteiger partial charge in [-0.2, -0.15) is 0 Å². The predicted octanol–water partition coefficient (Wildman–Crippen LogP) is 2.73. The molecule has 7 nitrogen and oxygen atoms in total. The molecule has 0 spiro atoms. The second-order valence-corrected chi connectivity index (χ2v) is 5.67. The average molecular weight is 495 g/mol. The smallest absolute Gasteiger partial charge is 0.191 e. The summed E-state index contributed by atoms with van der Waals surface area (Å²) in [5, 5.41) is 17.0. The highest BCUT2D eigenvalue weighted by atomic mass is 127. The van der Waals surface area contributed by atoms with Gasteiger partial charge in [0.1, 0.15) is 17.6 Å². The van der Waals surface area contributed by atoms with E-state index < -0.39 is 6.10 Å². The Bertz CT molecular complexity index is 544. The Kier molecular flexibility index (Phi) is 15.0. The molecule has 1 unspecified atom stereocenters. The van der Waals surface area contributed by atoms with Crippen LogP contribution in [0.4, 0.5) is 0 Å². The molecule has 0 heterocycles. The van der Waals surface area contributed by atoms with E-state index in [1.165, 1.54) is 0 Å². The second-order valence-electron chi connectivity index (χ2n) is 5.67. The minimum atomic E-state index is -0.784. The molecule has 0 aliphatic heterocycles. The fourth-order valence-electron chi connectivity index (χ4n) is 2.40. The van der Waals surface area contributed by atoms with Gasteiger partial charge in [-0.3, -0.25) is 4.99 Å². The topological polar surface area (TPSA) is 84.3 Å². The van der Waals surface area contributed by atoms with Crippen LogP contribution in [-0.2, 0) is 4.74 Å². The first kappa shape index (κ1) is 25.7. The third-order valence-corrected chi connectivity index (χ3v) is 3.77. The van der Waals surface area contributed by atoms with Gasteiger partial charge in [-0.05, 0) is 44.9 Å². The summed E-state index contributed by atoms with van der Waals surface area (Å²) < 4.78 is 15.9. The van der Waals surface area contributed by atoms with E-state index >= 15 is 0 Å². The lowest BCUT2D eigenvalue weighted by molar-refractivity contribution is 0.143. The fourth-order valence-corrected chi connectivity index (χ4v) is 2.40. The molecule has 0 bridgehead atoms. The zero-order valence-corrected chi connectivity index (χ0v) is 19.1. The molecule has 0 aromatic heterocycles. The molecule has 27 heavy (non-hydrogen) atoms. The van der Waals surface area contributed by atoms with Gasteiger partial charge in [-0.15, -0.1) is 24.0 Å². The van der Waals surface area contributed by atoms with Crippen molar-refractivity contribution in [2.24, 2.45) is 4.99 Å². The molecule has 156 valence electrons. The Morgan fingerprint density at radius 1 is 1.15 bits per heavy atom. The Hall–Kier alpha value is -1.26. The summed E-state index contributed by atoms with van der Waals surface area (Å²) in [6.07, 6.45) is 1.22. The first-order valence-electron chi connectivity index (χ1n) is 9.16. The van der Waals surface area contributed by atoms with Gasteiger partial charge in [0.05, 0.1) is 20.8 Å². The standard InChI is InChI=1S/C19H33N3O4.HI/c1-5-20-19(21-11-7-8-12-26-6-2)22-14-17(23)16-13-15(24-3)9-10-18(16)25-4;/h9-10,13,17,23H,5-8,11-12,14H2,1-4H3,(H2,20,21,22);1H. The largest absolute Gasteiger partial charge is 0.497 e. The van der Waals surface area contributed by atoms with Crippen LogP contribution in [0.3, 0.4) is 0 Å². The molecule has 1 atom stereocenters. The number of nitrogens with zero attached hydrogens (tertiary/aromatic N) is 1. The SMILES string of the molecule is CCNC(=NCC(O)c1cc(OC)ccc1OC)NCCCCOCC.I. The molecule has 8 heteroatoms. The van der Waals surface area contributed by atoms with Crippen LogP contribution in [0.5, 0.6) is 11.5 Å². The number of unbranched alkanes of at least 4 members (excludes halogenated alkanes) is 1. The number of benzene rings is 1. The number of aliphatic hydroxyl groups excluding tert-OH is 1. The molecule has 0 saturated carbocycles. The number of aliphatic imine (C=N–C) groups is 1. The van der Waals surface area contributed by atoms with E-state index in [1.54, 1.807) is 32.4 Å². The summed E-state index contributed by atoms with van der Waals surface area (Å²) in [5.41, 5.74) is 0.656. The van der Waals surface area contributed by atoms with Crippen LogP contribution in [-0.4, -0.2) is 58.1 Å². The van der Waals surface area contributed by atoms with E-state index in [9.17, 15) is 5.11 Å². The van der Waals surface area contributed by atoms with Gasteiger partial charge in [-0.25, -0.2) is 0 Å². The molecule has 0 aliphatic carbocycles. The number of halogens is 1. The third kappa shape index (κ3) is 10.0. The van der Waals surface area contributed by atoms with E-state index in [4.69, 9.17) is 14.2 Å². The van der Waals surface area contributed by atoms with Gasteiger partial charge in [0.2, 0.25) is 0 Å². The number of hydrogen-bond acceptors (Lipinski definition) is 5. The zero-order chi connectivity index (χ0) is 19.2. The number of aliphatic hydroxyl groups is 1. The van der Waals surface area contributed by atoms with Crippen molar-refractivity contribution in [3.63, 3.8) is 0 Å². The van der Waals surface area contributed by atoms with Crippen molar-refractivity contribution in [1.29, 1.82) is 0 Å². The molecule has 3 N–H and O–H groups in total. The summed E-state index contributed by atoms with van der Waals surface area (Å²) >= 11 is 0. The normalized spacial score (nSPS) is 12.1. The van der Waals surface area contributed by atoms with Crippen LogP contribution >= 0.6 is 24.0 Å². The molecule has 0 radical (unpaired) electrons. The highest BCUT2D eigenvalue weighted by Gasteiger charge is 2.14. The van der Waals surface area contributed by atoms with Crippen molar-refractivity contribution in [2.75, 3.05) is 47.1 Å². The number of methoxy groups -OCH3 is 2. The van der Waals surface area contributed by atoms with Gasteiger partial charge >= 0.3 is 0 Å². The van der Waals surface area contributed by atoms with E-state index in [0.717, 1.165) is 39.1 Å². The van der Waals surface area contributed by atoms with Crippen molar-refractivity contribution < 1.29 is 19.3 Å². The summed E-state index contributed by atoms with van der Waals surface area (Å²) in [6, 6.07) is 5.35. The van der Waals surface area contributed by atoms with Crippen LogP contribution < -0.4 is 20.1 Å². The minimum absolute atomic E-state index is 0.